The van der Waals surface area contributed by atoms with Crippen molar-refractivity contribution in [3.8, 4) is 0 Å². The average molecular weight is 447 g/mol. The molecule has 0 spiro atoms. The maximum atomic E-state index is 13.3. The van der Waals surface area contributed by atoms with Crippen molar-refractivity contribution in [2.75, 3.05) is 19.2 Å². The fourth-order valence-electron chi connectivity index (χ4n) is 4.26. The first-order chi connectivity index (χ1) is 15.0. The molecule has 0 saturated carbocycles. The molecule has 1 aromatic rings. The smallest absolute Gasteiger partial charge is 0.270 e. The van der Waals surface area contributed by atoms with Crippen molar-refractivity contribution in [3.63, 3.8) is 0 Å². The summed E-state index contributed by atoms with van der Waals surface area (Å²) in [5.41, 5.74) is 2.62. The highest BCUT2D eigenvalue weighted by molar-refractivity contribution is 6.18. The van der Waals surface area contributed by atoms with Crippen molar-refractivity contribution in [1.29, 1.82) is 0 Å². The Kier molecular flexibility index (Phi) is 8.09. The third-order valence-electron chi connectivity index (χ3n) is 5.92. The van der Waals surface area contributed by atoms with Crippen molar-refractivity contribution in [2.45, 2.75) is 58.3 Å². The molecule has 31 heavy (non-hydrogen) atoms. The number of likely N-dealkylation sites (tertiary alicyclic amines) is 1. The molecule has 3 heterocycles. The SMILES string of the molecule is C=C/C=C(\C=NCCl)[C@@H](CC)NC(=O)c1cc(C(=O)N2CCC[C@@H]2C)n2c1COCC2. The van der Waals surface area contributed by atoms with E-state index in [4.69, 9.17) is 16.3 Å². The van der Waals surface area contributed by atoms with E-state index in [9.17, 15) is 9.59 Å². The largest absolute Gasteiger partial charge is 0.373 e. The molecule has 2 aliphatic heterocycles. The molecule has 8 heteroatoms. The number of rotatable bonds is 8. The topological polar surface area (TPSA) is 75.9 Å². The third-order valence-corrected chi connectivity index (χ3v) is 6.06. The fourth-order valence-corrected chi connectivity index (χ4v) is 4.33. The Hall–Kier alpha value is -2.38. The number of hydrogen-bond acceptors (Lipinski definition) is 4. The molecule has 1 fully saturated rings. The summed E-state index contributed by atoms with van der Waals surface area (Å²) < 4.78 is 7.56. The van der Waals surface area contributed by atoms with Gasteiger partial charge in [-0.05, 0) is 37.8 Å². The van der Waals surface area contributed by atoms with Crippen molar-refractivity contribution < 1.29 is 14.3 Å². The first-order valence-electron chi connectivity index (χ1n) is 10.8. The van der Waals surface area contributed by atoms with E-state index in [0.717, 1.165) is 30.7 Å². The van der Waals surface area contributed by atoms with Gasteiger partial charge in [0.1, 0.15) is 11.7 Å². The Bertz CT molecular complexity index is 890. The predicted molar refractivity (Wildman–Crippen MR) is 123 cm³/mol. The number of ether oxygens (including phenoxy) is 1. The predicted octanol–water partition coefficient (Wildman–Crippen LogP) is 3.53. The van der Waals surface area contributed by atoms with Crippen LogP contribution in [0.3, 0.4) is 0 Å². The molecule has 0 radical (unpaired) electrons. The molecule has 0 aliphatic carbocycles. The van der Waals surface area contributed by atoms with Gasteiger partial charge in [-0.25, -0.2) is 0 Å². The maximum Gasteiger partial charge on any atom is 0.270 e. The summed E-state index contributed by atoms with van der Waals surface area (Å²) in [6, 6.07) is 1.83. The van der Waals surface area contributed by atoms with Crippen LogP contribution in [0.25, 0.3) is 0 Å². The van der Waals surface area contributed by atoms with E-state index in [2.05, 4.69) is 23.8 Å². The number of nitrogens with zero attached hydrogens (tertiary/aromatic N) is 3. The number of halogens is 1. The quantitative estimate of drug-likeness (QED) is 0.287. The van der Waals surface area contributed by atoms with Crippen molar-refractivity contribution in [2.24, 2.45) is 4.99 Å². The number of aromatic nitrogens is 1. The van der Waals surface area contributed by atoms with Gasteiger partial charge in [0.25, 0.3) is 11.8 Å². The molecule has 2 aliphatic rings. The first-order valence-corrected chi connectivity index (χ1v) is 11.4. The summed E-state index contributed by atoms with van der Waals surface area (Å²) >= 11 is 5.68. The average Bonchev–Trinajstić information content (AvgIpc) is 3.38. The minimum absolute atomic E-state index is 0.0132. The lowest BCUT2D eigenvalue weighted by molar-refractivity contribution is 0.0684. The van der Waals surface area contributed by atoms with Crippen LogP contribution in [0.4, 0.5) is 0 Å². The summed E-state index contributed by atoms with van der Waals surface area (Å²) in [4.78, 5) is 32.5. The van der Waals surface area contributed by atoms with E-state index in [1.54, 1.807) is 18.4 Å². The zero-order valence-corrected chi connectivity index (χ0v) is 19.0. The monoisotopic (exact) mass is 446 g/mol. The number of aliphatic imine (C=N–C) groups is 1. The molecular weight excluding hydrogens is 416 g/mol. The van der Waals surface area contributed by atoms with Crippen molar-refractivity contribution >= 4 is 29.6 Å². The number of carbonyl (C=O) groups is 2. The molecule has 1 saturated heterocycles. The standard InChI is InChI=1S/C23H31ClN4O3/c1-4-7-17(13-25-15-24)19(5-2)26-22(29)18-12-20(28-10-11-31-14-21(18)28)23(30)27-9-6-8-16(27)3/h4,7,12-13,16,19H,1,5-6,8-11,14-15H2,2-3H3,(H,26,29)/b17-7+,25-13?/t16-,19+/m0/s1. The number of nitrogens with one attached hydrogen (secondary N) is 1. The van der Waals surface area contributed by atoms with Gasteiger partial charge >= 0.3 is 0 Å². The van der Waals surface area contributed by atoms with Crippen LogP contribution < -0.4 is 5.32 Å². The van der Waals surface area contributed by atoms with Crippen LogP contribution in [-0.4, -0.2) is 58.7 Å². The minimum Gasteiger partial charge on any atom is -0.373 e. The third kappa shape index (κ3) is 5.10. The van der Waals surface area contributed by atoms with Crippen LogP contribution in [0.1, 0.15) is 59.7 Å². The highest BCUT2D eigenvalue weighted by atomic mass is 35.5. The molecular formula is C23H31ClN4O3. The molecule has 2 atom stereocenters. The van der Waals surface area contributed by atoms with Crippen molar-refractivity contribution in [3.05, 3.63) is 47.3 Å². The number of hydrogen-bond donors (Lipinski definition) is 1. The number of alkyl halides is 1. The van der Waals surface area contributed by atoms with E-state index in [1.807, 2.05) is 22.5 Å². The van der Waals surface area contributed by atoms with Gasteiger partial charge in [-0.1, -0.05) is 25.7 Å². The van der Waals surface area contributed by atoms with E-state index in [1.165, 1.54) is 0 Å². The zero-order chi connectivity index (χ0) is 22.4. The van der Waals surface area contributed by atoms with Gasteiger partial charge in [-0.3, -0.25) is 14.6 Å². The Morgan fingerprint density at radius 2 is 2.26 bits per heavy atom. The molecule has 1 N–H and O–H groups in total. The molecule has 7 nitrogen and oxygen atoms in total. The van der Waals surface area contributed by atoms with Crippen LogP contribution >= 0.6 is 11.6 Å². The van der Waals surface area contributed by atoms with Gasteiger partial charge < -0.3 is 19.5 Å². The normalized spacial score (nSPS) is 20.0. The van der Waals surface area contributed by atoms with E-state index in [0.29, 0.717) is 37.4 Å². The van der Waals surface area contributed by atoms with Gasteiger partial charge in [0.15, 0.2) is 0 Å². The molecule has 2 amide bonds. The van der Waals surface area contributed by atoms with Gasteiger partial charge in [-0.15, -0.1) is 11.6 Å². The number of amides is 2. The van der Waals surface area contributed by atoms with Crippen LogP contribution in [0, 0.1) is 0 Å². The van der Waals surface area contributed by atoms with Gasteiger partial charge in [0.05, 0.1) is 30.5 Å². The zero-order valence-electron chi connectivity index (χ0n) is 18.3. The van der Waals surface area contributed by atoms with E-state index >= 15 is 0 Å². The van der Waals surface area contributed by atoms with Crippen molar-refractivity contribution in [1.82, 2.24) is 14.8 Å². The number of allylic oxidation sites excluding steroid dienone is 2. The molecule has 0 bridgehead atoms. The summed E-state index contributed by atoms with van der Waals surface area (Å²) in [5.74, 6) is -0.246. The highest BCUT2D eigenvalue weighted by Gasteiger charge is 2.32. The summed E-state index contributed by atoms with van der Waals surface area (Å²) in [7, 11) is 0. The molecule has 1 aromatic heterocycles. The lowest BCUT2D eigenvalue weighted by Crippen LogP contribution is -2.37. The Morgan fingerprint density at radius 3 is 2.90 bits per heavy atom. The fraction of sp³-hybridized carbons (Fsp3) is 0.522. The van der Waals surface area contributed by atoms with Crippen LogP contribution in [0.5, 0.6) is 0 Å². The van der Waals surface area contributed by atoms with Gasteiger partial charge in [0.2, 0.25) is 0 Å². The number of carbonyl (C=O) groups excluding carboxylic acids is 2. The summed E-state index contributed by atoms with van der Waals surface area (Å²) in [6.07, 6.45) is 7.82. The molecule has 3 rings (SSSR count). The van der Waals surface area contributed by atoms with E-state index in [-0.39, 0.29) is 29.9 Å². The Labute approximate surface area is 188 Å². The lowest BCUT2D eigenvalue weighted by atomic mass is 10.0. The van der Waals surface area contributed by atoms with Gasteiger partial charge in [0, 0.05) is 25.3 Å². The minimum atomic E-state index is -0.254. The maximum absolute atomic E-state index is 13.3. The van der Waals surface area contributed by atoms with Crippen LogP contribution in [0.2, 0.25) is 0 Å². The van der Waals surface area contributed by atoms with E-state index < -0.39 is 0 Å². The second-order valence-corrected chi connectivity index (χ2v) is 8.09. The number of fused-ring (bicyclic) bond motifs is 1. The highest BCUT2D eigenvalue weighted by Crippen LogP contribution is 2.26. The van der Waals surface area contributed by atoms with Crippen LogP contribution in [-0.2, 0) is 17.9 Å². The molecule has 168 valence electrons. The van der Waals surface area contributed by atoms with Crippen LogP contribution in [0.15, 0.2) is 35.4 Å². The van der Waals surface area contributed by atoms with Gasteiger partial charge in [-0.2, -0.15) is 0 Å². The Balaban J connectivity index is 1.89. The second-order valence-electron chi connectivity index (χ2n) is 7.85. The molecule has 0 unspecified atom stereocenters. The second kappa shape index (κ2) is 10.8. The first kappa shape index (κ1) is 23.3. The molecule has 0 aromatic carbocycles. The summed E-state index contributed by atoms with van der Waals surface area (Å²) in [5, 5.41) is 3.07. The summed E-state index contributed by atoms with van der Waals surface area (Å²) in [6.45, 7) is 9.95. The lowest BCUT2D eigenvalue weighted by Gasteiger charge is -2.24. The Morgan fingerprint density at radius 1 is 1.45 bits per heavy atom.